The first-order valence-electron chi connectivity index (χ1n) is 5.99. The van der Waals surface area contributed by atoms with Crippen LogP contribution in [-0.2, 0) is 0 Å². The van der Waals surface area contributed by atoms with E-state index in [-0.39, 0.29) is 6.04 Å². The van der Waals surface area contributed by atoms with Crippen LogP contribution in [0.1, 0.15) is 34.1 Å². The van der Waals surface area contributed by atoms with Crippen molar-refractivity contribution >= 4 is 0 Å². The molecule has 0 aromatic heterocycles. The molecule has 0 radical (unpaired) electrons. The van der Waals surface area contributed by atoms with Crippen molar-refractivity contribution in [3.05, 3.63) is 0 Å². The minimum atomic E-state index is 0.261. The molecule has 3 unspecified atom stereocenters. The first-order valence-corrected chi connectivity index (χ1v) is 5.99. The smallest absolute Gasteiger partial charge is 0.0686 e. The first-order chi connectivity index (χ1) is 7.04. The van der Waals surface area contributed by atoms with Crippen LogP contribution in [0.2, 0.25) is 0 Å². The van der Waals surface area contributed by atoms with Gasteiger partial charge in [-0.15, -0.1) is 6.42 Å². The largest absolute Gasteiger partial charge is 0.311 e. The topological polar surface area (TPSA) is 15.3 Å². The minimum Gasteiger partial charge on any atom is -0.311 e. The highest BCUT2D eigenvalue weighted by Crippen LogP contribution is 2.15. The summed E-state index contributed by atoms with van der Waals surface area (Å²) in [5, 5.41) is 3.60. The summed E-state index contributed by atoms with van der Waals surface area (Å²) in [5.74, 6) is 3.59. The molecule has 1 N–H and O–H groups in total. The molecule has 0 aromatic rings. The fraction of sp³-hybridized carbons (Fsp3) is 0.846. The van der Waals surface area contributed by atoms with E-state index in [4.69, 9.17) is 6.42 Å². The highest BCUT2D eigenvalue weighted by molar-refractivity contribution is 5.01. The third kappa shape index (κ3) is 3.52. The monoisotopic (exact) mass is 208 g/mol. The lowest BCUT2D eigenvalue weighted by atomic mass is 9.99. The van der Waals surface area contributed by atoms with Crippen LogP contribution in [0.3, 0.4) is 0 Å². The maximum Gasteiger partial charge on any atom is 0.0686 e. The van der Waals surface area contributed by atoms with E-state index in [1.165, 1.54) is 6.42 Å². The van der Waals surface area contributed by atoms with Crippen molar-refractivity contribution in [1.82, 2.24) is 10.2 Å². The molecule has 3 atom stereocenters. The van der Waals surface area contributed by atoms with Gasteiger partial charge in [-0.05, 0) is 26.2 Å². The molecule has 1 aliphatic rings. The normalized spacial score (nSPS) is 30.1. The summed E-state index contributed by atoms with van der Waals surface area (Å²) in [6, 6.07) is 1.42. The van der Waals surface area contributed by atoms with E-state index in [1.807, 2.05) is 0 Å². The van der Waals surface area contributed by atoms with Crippen molar-refractivity contribution in [3.63, 3.8) is 0 Å². The van der Waals surface area contributed by atoms with Crippen LogP contribution in [0.4, 0.5) is 0 Å². The standard InChI is InChI=1S/C13H24N2/c1-6-11(4)15-9-13(7-10(2)3)14-8-12(15)5/h1,10-14H,7-9H2,2-5H3. The van der Waals surface area contributed by atoms with Gasteiger partial charge in [-0.25, -0.2) is 0 Å². The van der Waals surface area contributed by atoms with E-state index >= 15 is 0 Å². The first kappa shape index (κ1) is 12.5. The summed E-state index contributed by atoms with van der Waals surface area (Å²) in [7, 11) is 0. The Morgan fingerprint density at radius 1 is 1.47 bits per heavy atom. The second-order valence-corrected chi connectivity index (χ2v) is 5.12. The summed E-state index contributed by atoms with van der Waals surface area (Å²) in [6.45, 7) is 11.1. The number of piperazine rings is 1. The molecule has 1 rings (SSSR count). The van der Waals surface area contributed by atoms with Gasteiger partial charge in [0.25, 0.3) is 0 Å². The zero-order chi connectivity index (χ0) is 11.4. The maximum absolute atomic E-state index is 5.50. The van der Waals surface area contributed by atoms with Crippen molar-refractivity contribution in [1.29, 1.82) is 0 Å². The van der Waals surface area contributed by atoms with E-state index in [9.17, 15) is 0 Å². The average molecular weight is 208 g/mol. The molecule has 0 spiro atoms. The molecule has 2 nitrogen and oxygen atoms in total. The van der Waals surface area contributed by atoms with E-state index in [1.54, 1.807) is 0 Å². The van der Waals surface area contributed by atoms with Crippen molar-refractivity contribution in [2.45, 2.75) is 52.2 Å². The van der Waals surface area contributed by atoms with Gasteiger partial charge in [0.05, 0.1) is 6.04 Å². The molecule has 0 saturated carbocycles. The quantitative estimate of drug-likeness (QED) is 0.710. The second kappa shape index (κ2) is 5.53. The lowest BCUT2D eigenvalue weighted by Gasteiger charge is -2.41. The Morgan fingerprint density at radius 2 is 2.13 bits per heavy atom. The zero-order valence-electron chi connectivity index (χ0n) is 10.5. The Morgan fingerprint density at radius 3 is 2.67 bits per heavy atom. The predicted molar refractivity (Wildman–Crippen MR) is 65.7 cm³/mol. The molecule has 86 valence electrons. The van der Waals surface area contributed by atoms with Gasteiger partial charge in [0.2, 0.25) is 0 Å². The van der Waals surface area contributed by atoms with E-state index in [0.29, 0.717) is 12.1 Å². The second-order valence-electron chi connectivity index (χ2n) is 5.12. The molecule has 1 aliphatic heterocycles. The Balaban J connectivity index is 2.53. The molecule has 1 fully saturated rings. The predicted octanol–water partition coefficient (Wildman–Crippen LogP) is 1.72. The third-order valence-corrected chi connectivity index (χ3v) is 3.19. The van der Waals surface area contributed by atoms with Gasteiger partial charge < -0.3 is 5.32 Å². The van der Waals surface area contributed by atoms with Crippen LogP contribution in [-0.4, -0.2) is 36.1 Å². The molecular weight excluding hydrogens is 184 g/mol. The highest BCUT2D eigenvalue weighted by Gasteiger charge is 2.27. The Kier molecular flexibility index (Phi) is 4.63. The van der Waals surface area contributed by atoms with E-state index in [0.717, 1.165) is 19.0 Å². The van der Waals surface area contributed by atoms with Crippen LogP contribution in [0.15, 0.2) is 0 Å². The van der Waals surface area contributed by atoms with Crippen LogP contribution in [0, 0.1) is 18.3 Å². The van der Waals surface area contributed by atoms with Crippen molar-refractivity contribution in [3.8, 4) is 12.3 Å². The molecule has 0 aromatic carbocycles. The summed E-state index contributed by atoms with van der Waals surface area (Å²) in [6.07, 6.45) is 6.74. The van der Waals surface area contributed by atoms with Crippen molar-refractivity contribution < 1.29 is 0 Å². The average Bonchev–Trinajstić information content (AvgIpc) is 2.19. The van der Waals surface area contributed by atoms with Gasteiger partial charge in [-0.1, -0.05) is 19.8 Å². The van der Waals surface area contributed by atoms with E-state index in [2.05, 4.69) is 43.8 Å². The number of hydrogen-bond acceptors (Lipinski definition) is 2. The number of rotatable bonds is 3. The fourth-order valence-corrected chi connectivity index (χ4v) is 2.32. The minimum absolute atomic E-state index is 0.261. The Hall–Kier alpha value is -0.520. The lowest BCUT2D eigenvalue weighted by Crippen LogP contribution is -2.57. The molecule has 15 heavy (non-hydrogen) atoms. The number of terminal acetylenes is 1. The molecular formula is C13H24N2. The molecule has 0 amide bonds. The molecule has 2 heteroatoms. The highest BCUT2D eigenvalue weighted by atomic mass is 15.2. The molecule has 1 saturated heterocycles. The number of nitrogens with zero attached hydrogens (tertiary/aromatic N) is 1. The van der Waals surface area contributed by atoms with Crippen LogP contribution >= 0.6 is 0 Å². The summed E-state index contributed by atoms with van der Waals surface area (Å²) < 4.78 is 0. The summed E-state index contributed by atoms with van der Waals surface area (Å²) >= 11 is 0. The summed E-state index contributed by atoms with van der Waals surface area (Å²) in [5.41, 5.74) is 0. The third-order valence-electron chi connectivity index (χ3n) is 3.19. The van der Waals surface area contributed by atoms with Crippen molar-refractivity contribution in [2.75, 3.05) is 13.1 Å². The van der Waals surface area contributed by atoms with Crippen molar-refractivity contribution in [2.24, 2.45) is 5.92 Å². The van der Waals surface area contributed by atoms with Crippen LogP contribution < -0.4 is 5.32 Å². The van der Waals surface area contributed by atoms with E-state index < -0.39 is 0 Å². The molecule has 1 heterocycles. The van der Waals surface area contributed by atoms with Gasteiger partial charge in [0.1, 0.15) is 0 Å². The van der Waals surface area contributed by atoms with Crippen LogP contribution in [0.25, 0.3) is 0 Å². The Bertz CT molecular complexity index is 229. The summed E-state index contributed by atoms with van der Waals surface area (Å²) in [4.78, 5) is 2.43. The maximum atomic E-state index is 5.50. The number of hydrogen-bond donors (Lipinski definition) is 1. The van der Waals surface area contributed by atoms with Gasteiger partial charge in [-0.3, -0.25) is 4.90 Å². The SMILES string of the molecule is C#CC(C)N1CC(CC(C)C)NCC1C. The lowest BCUT2D eigenvalue weighted by molar-refractivity contribution is 0.115. The van der Waals surface area contributed by atoms with Gasteiger partial charge in [-0.2, -0.15) is 0 Å². The molecule has 0 aliphatic carbocycles. The Labute approximate surface area is 94.4 Å². The van der Waals surface area contributed by atoms with Gasteiger partial charge in [0, 0.05) is 25.2 Å². The van der Waals surface area contributed by atoms with Gasteiger partial charge in [0.15, 0.2) is 0 Å². The number of nitrogens with one attached hydrogen (secondary N) is 1. The zero-order valence-corrected chi connectivity index (χ0v) is 10.5. The molecule has 0 bridgehead atoms. The van der Waals surface area contributed by atoms with Gasteiger partial charge >= 0.3 is 0 Å². The fourth-order valence-electron chi connectivity index (χ4n) is 2.32. The van der Waals surface area contributed by atoms with Crippen LogP contribution in [0.5, 0.6) is 0 Å².